The van der Waals surface area contributed by atoms with Crippen LogP contribution in [0.3, 0.4) is 0 Å². The number of halogens is 2. The fourth-order valence-corrected chi connectivity index (χ4v) is 2.71. The zero-order chi connectivity index (χ0) is 18.6. The molecule has 6 nitrogen and oxygen atoms in total. The molecule has 0 aliphatic carbocycles. The van der Waals surface area contributed by atoms with Crippen LogP contribution in [0.4, 0.5) is 13.6 Å². The van der Waals surface area contributed by atoms with Gasteiger partial charge in [-0.2, -0.15) is 0 Å². The number of amides is 4. The minimum atomic E-state index is -1.76. The van der Waals surface area contributed by atoms with Crippen molar-refractivity contribution in [1.82, 2.24) is 15.5 Å². The van der Waals surface area contributed by atoms with Crippen LogP contribution in [-0.2, 0) is 15.1 Å². The van der Waals surface area contributed by atoms with Crippen LogP contribution < -0.4 is 10.6 Å². The lowest BCUT2D eigenvalue weighted by molar-refractivity contribution is -0.134. The molecule has 136 valence electrons. The monoisotopic (exact) mass is 353 g/mol. The molecule has 8 heteroatoms. The molecule has 1 heterocycles. The lowest BCUT2D eigenvalue weighted by Gasteiger charge is -2.22. The van der Waals surface area contributed by atoms with Crippen molar-refractivity contribution in [3.8, 4) is 0 Å². The third kappa shape index (κ3) is 3.94. The molecular weight excluding hydrogens is 332 g/mol. The van der Waals surface area contributed by atoms with Crippen LogP contribution in [0.15, 0.2) is 18.2 Å². The van der Waals surface area contributed by atoms with Crippen molar-refractivity contribution in [2.75, 3.05) is 13.1 Å². The number of benzene rings is 1. The number of urea groups is 1. The van der Waals surface area contributed by atoms with Gasteiger partial charge in [0.25, 0.3) is 5.91 Å². The number of nitrogens with one attached hydrogen (secondary N) is 2. The summed E-state index contributed by atoms with van der Waals surface area (Å²) < 4.78 is 27.5. The Morgan fingerprint density at radius 1 is 1.28 bits per heavy atom. The van der Waals surface area contributed by atoms with Crippen molar-refractivity contribution in [3.63, 3.8) is 0 Å². The van der Waals surface area contributed by atoms with Crippen molar-refractivity contribution in [2.45, 2.75) is 38.6 Å². The average Bonchev–Trinajstić information content (AvgIpc) is 2.78. The molecule has 2 N–H and O–H groups in total. The third-order valence-electron chi connectivity index (χ3n) is 4.15. The van der Waals surface area contributed by atoms with E-state index in [9.17, 15) is 23.2 Å². The minimum absolute atomic E-state index is 0.281. The van der Waals surface area contributed by atoms with Gasteiger partial charge in [0.2, 0.25) is 5.91 Å². The number of rotatable bonds is 7. The molecule has 1 aromatic rings. The first-order chi connectivity index (χ1) is 11.8. The molecule has 0 aromatic heterocycles. The molecule has 0 spiro atoms. The van der Waals surface area contributed by atoms with Crippen molar-refractivity contribution in [2.24, 2.45) is 0 Å². The van der Waals surface area contributed by atoms with Crippen molar-refractivity contribution < 1.29 is 23.2 Å². The fourth-order valence-electron chi connectivity index (χ4n) is 2.71. The smallest absolute Gasteiger partial charge is 0.325 e. The van der Waals surface area contributed by atoms with Crippen molar-refractivity contribution >= 4 is 17.8 Å². The Kier molecular flexibility index (Phi) is 5.71. The summed E-state index contributed by atoms with van der Waals surface area (Å²) in [6.45, 7) is 3.29. The lowest BCUT2D eigenvalue weighted by atomic mass is 9.91. The van der Waals surface area contributed by atoms with Crippen LogP contribution in [-0.4, -0.2) is 35.8 Å². The Bertz CT molecular complexity index is 696. The van der Waals surface area contributed by atoms with Gasteiger partial charge in [-0.3, -0.25) is 14.5 Å². The van der Waals surface area contributed by atoms with E-state index in [1.807, 2.05) is 6.92 Å². The van der Waals surface area contributed by atoms with E-state index < -0.39 is 41.6 Å². The van der Waals surface area contributed by atoms with E-state index in [1.165, 1.54) is 6.92 Å². The highest BCUT2D eigenvalue weighted by molar-refractivity contribution is 6.09. The largest absolute Gasteiger partial charge is 0.355 e. The van der Waals surface area contributed by atoms with Gasteiger partial charge in [0.1, 0.15) is 23.7 Å². The number of hydrogen-bond donors (Lipinski definition) is 2. The first-order valence-electron chi connectivity index (χ1n) is 8.16. The number of nitrogens with zero attached hydrogens (tertiary/aromatic N) is 1. The van der Waals surface area contributed by atoms with Gasteiger partial charge in [-0.15, -0.1) is 0 Å². The highest BCUT2D eigenvalue weighted by atomic mass is 19.1. The number of carbonyl (C=O) groups excluding carboxylic acids is 3. The maximum Gasteiger partial charge on any atom is 0.325 e. The summed E-state index contributed by atoms with van der Waals surface area (Å²) in [6.07, 6.45) is 2.76. The summed E-state index contributed by atoms with van der Waals surface area (Å²) >= 11 is 0. The fraction of sp³-hybridized carbons (Fsp3) is 0.471. The minimum Gasteiger partial charge on any atom is -0.355 e. The average molecular weight is 353 g/mol. The van der Waals surface area contributed by atoms with E-state index in [4.69, 9.17) is 0 Å². The van der Waals surface area contributed by atoms with E-state index in [0.29, 0.717) is 11.4 Å². The second-order valence-corrected chi connectivity index (χ2v) is 6.13. The summed E-state index contributed by atoms with van der Waals surface area (Å²) in [4.78, 5) is 37.3. The molecule has 0 bridgehead atoms. The molecule has 0 radical (unpaired) electrons. The zero-order valence-corrected chi connectivity index (χ0v) is 14.2. The van der Waals surface area contributed by atoms with E-state index in [0.717, 1.165) is 37.5 Å². The predicted octanol–water partition coefficient (Wildman–Crippen LogP) is 2.04. The van der Waals surface area contributed by atoms with E-state index in [2.05, 4.69) is 10.6 Å². The number of hydrogen-bond acceptors (Lipinski definition) is 3. The van der Waals surface area contributed by atoms with Crippen LogP contribution in [0.25, 0.3) is 0 Å². The molecule has 1 fully saturated rings. The van der Waals surface area contributed by atoms with Crippen LogP contribution >= 0.6 is 0 Å². The Hall–Kier alpha value is -2.51. The van der Waals surface area contributed by atoms with Crippen LogP contribution in [0.1, 0.15) is 38.7 Å². The van der Waals surface area contributed by atoms with Gasteiger partial charge in [-0.25, -0.2) is 13.6 Å². The topological polar surface area (TPSA) is 78.5 Å². The first kappa shape index (κ1) is 18.8. The highest BCUT2D eigenvalue weighted by Gasteiger charge is 2.50. The molecule has 4 amide bonds. The Balaban J connectivity index is 2.11. The maximum absolute atomic E-state index is 14.0. The third-order valence-corrected chi connectivity index (χ3v) is 4.15. The standard InChI is InChI=1S/C17H21F2N3O3/c1-3-4-5-8-20-14(23)10-22-15(24)17(2,21-16(22)25)12-9-11(18)6-7-13(12)19/h6-7,9H,3-5,8,10H2,1-2H3,(H,20,23)(H,21,25). The van der Waals surface area contributed by atoms with Gasteiger partial charge in [0.15, 0.2) is 0 Å². The molecular formula is C17H21F2N3O3. The highest BCUT2D eigenvalue weighted by Crippen LogP contribution is 2.31. The molecule has 1 aliphatic heterocycles. The van der Waals surface area contributed by atoms with Crippen molar-refractivity contribution in [1.29, 1.82) is 0 Å². The van der Waals surface area contributed by atoms with E-state index in [-0.39, 0.29) is 5.56 Å². The van der Waals surface area contributed by atoms with Gasteiger partial charge < -0.3 is 10.6 Å². The van der Waals surface area contributed by atoms with Crippen LogP contribution in [0.5, 0.6) is 0 Å². The molecule has 1 atom stereocenters. The molecule has 0 saturated carbocycles. The predicted molar refractivity (Wildman–Crippen MR) is 86.5 cm³/mol. The van der Waals surface area contributed by atoms with Crippen LogP contribution in [0, 0.1) is 11.6 Å². The molecule has 2 rings (SSSR count). The number of imide groups is 1. The van der Waals surface area contributed by atoms with Gasteiger partial charge in [-0.05, 0) is 31.5 Å². The second-order valence-electron chi connectivity index (χ2n) is 6.13. The van der Waals surface area contributed by atoms with Gasteiger partial charge in [0, 0.05) is 12.1 Å². The second kappa shape index (κ2) is 7.58. The summed E-state index contributed by atoms with van der Waals surface area (Å²) in [7, 11) is 0. The maximum atomic E-state index is 14.0. The van der Waals surface area contributed by atoms with Gasteiger partial charge in [0.05, 0.1) is 0 Å². The lowest BCUT2D eigenvalue weighted by Crippen LogP contribution is -2.43. The summed E-state index contributed by atoms with van der Waals surface area (Å²) in [5.74, 6) is -2.83. The Morgan fingerprint density at radius 3 is 2.68 bits per heavy atom. The summed E-state index contributed by atoms with van der Waals surface area (Å²) in [6, 6.07) is 1.85. The zero-order valence-electron chi connectivity index (χ0n) is 14.2. The quantitative estimate of drug-likeness (QED) is 0.582. The molecule has 1 unspecified atom stereocenters. The number of unbranched alkanes of at least 4 members (excludes halogenated alkanes) is 2. The van der Waals surface area contributed by atoms with Crippen LogP contribution in [0.2, 0.25) is 0 Å². The summed E-state index contributed by atoms with van der Waals surface area (Å²) in [5, 5.41) is 4.97. The molecule has 25 heavy (non-hydrogen) atoms. The Labute approximate surface area is 144 Å². The normalized spacial score (nSPS) is 19.9. The number of carbonyl (C=O) groups is 3. The van der Waals surface area contributed by atoms with Crippen molar-refractivity contribution in [3.05, 3.63) is 35.4 Å². The SMILES string of the molecule is CCCCCNC(=O)CN1C(=O)NC(C)(c2cc(F)ccc2F)C1=O. The summed E-state index contributed by atoms with van der Waals surface area (Å²) in [5.41, 5.74) is -2.04. The van der Waals surface area contributed by atoms with E-state index >= 15 is 0 Å². The van der Waals surface area contributed by atoms with Gasteiger partial charge >= 0.3 is 6.03 Å². The molecule has 1 saturated heterocycles. The molecule has 1 aromatic carbocycles. The first-order valence-corrected chi connectivity index (χ1v) is 8.16. The Morgan fingerprint density at radius 2 is 2.00 bits per heavy atom. The van der Waals surface area contributed by atoms with Gasteiger partial charge in [-0.1, -0.05) is 19.8 Å². The molecule has 1 aliphatic rings. The van der Waals surface area contributed by atoms with E-state index in [1.54, 1.807) is 0 Å².